The summed E-state index contributed by atoms with van der Waals surface area (Å²) in [5, 5.41) is 21.4. The number of anilines is 1. The van der Waals surface area contributed by atoms with E-state index in [1.54, 1.807) is 47.1 Å². The van der Waals surface area contributed by atoms with Gasteiger partial charge in [-0.15, -0.1) is 0 Å². The number of aryl methyl sites for hydroxylation is 1. The number of benzene rings is 2. The van der Waals surface area contributed by atoms with Crippen LogP contribution in [-0.4, -0.2) is 25.9 Å². The van der Waals surface area contributed by atoms with Crippen molar-refractivity contribution in [1.29, 1.82) is 5.26 Å². The van der Waals surface area contributed by atoms with Crippen molar-refractivity contribution in [1.82, 2.24) is 20.0 Å². The molecule has 1 aliphatic rings. The summed E-state index contributed by atoms with van der Waals surface area (Å²) in [4.78, 5) is 26.9. The molecule has 3 N–H and O–H groups in total. The van der Waals surface area contributed by atoms with Gasteiger partial charge >= 0.3 is 0 Å². The number of carbonyl (C=O) groups is 1. The molecule has 0 atom stereocenters. The standard InChI is InChI=1S/C22H17N7O2/c1-28-21(29-11-18-13(8-23)3-2-4-15(18)22(29)31)17(10-25-28)12-5-6-14-16(7-12)19(9-24)26-27-20(14)30/h2-7,10H,9,11,24H2,1H3,(H,27,30). The van der Waals surface area contributed by atoms with Gasteiger partial charge in [-0.2, -0.15) is 15.5 Å². The zero-order valence-corrected chi connectivity index (χ0v) is 16.6. The van der Waals surface area contributed by atoms with Crippen LogP contribution < -0.4 is 16.2 Å². The van der Waals surface area contributed by atoms with E-state index >= 15 is 0 Å². The Labute approximate surface area is 176 Å². The first-order valence-electron chi connectivity index (χ1n) is 9.61. The predicted octanol–water partition coefficient (Wildman–Crippen LogP) is 1.81. The number of nitrogens with zero attached hydrogens (tertiary/aromatic N) is 5. The molecule has 2 aromatic heterocycles. The number of aromatic amines is 1. The summed E-state index contributed by atoms with van der Waals surface area (Å²) in [6.07, 6.45) is 1.68. The zero-order chi connectivity index (χ0) is 21.7. The van der Waals surface area contributed by atoms with Crippen LogP contribution in [0, 0.1) is 11.3 Å². The van der Waals surface area contributed by atoms with Gasteiger partial charge in [-0.05, 0) is 29.8 Å². The lowest BCUT2D eigenvalue weighted by molar-refractivity contribution is 0.0995. The van der Waals surface area contributed by atoms with Crippen molar-refractivity contribution < 1.29 is 4.79 Å². The number of hydrogen-bond acceptors (Lipinski definition) is 6. The predicted molar refractivity (Wildman–Crippen MR) is 114 cm³/mol. The molecule has 0 fully saturated rings. The Morgan fingerprint density at radius 2 is 2.03 bits per heavy atom. The number of fused-ring (bicyclic) bond motifs is 2. The maximum atomic E-state index is 13.2. The number of aromatic nitrogens is 4. The summed E-state index contributed by atoms with van der Waals surface area (Å²) < 4.78 is 1.63. The zero-order valence-electron chi connectivity index (χ0n) is 16.6. The molecule has 0 unspecified atom stereocenters. The molecular weight excluding hydrogens is 394 g/mol. The number of nitrogens with two attached hydrogens (primary N) is 1. The minimum Gasteiger partial charge on any atom is -0.325 e. The van der Waals surface area contributed by atoms with E-state index in [1.165, 1.54) is 0 Å². The van der Waals surface area contributed by atoms with Crippen LogP contribution in [0.3, 0.4) is 0 Å². The monoisotopic (exact) mass is 411 g/mol. The van der Waals surface area contributed by atoms with Crippen LogP contribution in [0.1, 0.15) is 27.2 Å². The smallest absolute Gasteiger partial charge is 0.272 e. The fraction of sp³-hybridized carbons (Fsp3) is 0.136. The maximum Gasteiger partial charge on any atom is 0.272 e. The molecule has 1 amide bonds. The van der Waals surface area contributed by atoms with Gasteiger partial charge in [0.15, 0.2) is 0 Å². The van der Waals surface area contributed by atoms with Crippen molar-refractivity contribution in [3.05, 3.63) is 75.3 Å². The second-order valence-corrected chi connectivity index (χ2v) is 7.30. The molecule has 0 spiro atoms. The van der Waals surface area contributed by atoms with E-state index in [2.05, 4.69) is 21.4 Å². The molecule has 31 heavy (non-hydrogen) atoms. The van der Waals surface area contributed by atoms with Gasteiger partial charge in [0.2, 0.25) is 0 Å². The minimum atomic E-state index is -0.292. The minimum absolute atomic E-state index is 0.174. The van der Waals surface area contributed by atoms with Gasteiger partial charge in [-0.3, -0.25) is 19.2 Å². The summed E-state index contributed by atoms with van der Waals surface area (Å²) in [6.45, 7) is 0.459. The fourth-order valence-electron chi connectivity index (χ4n) is 4.11. The number of amides is 1. The lowest BCUT2D eigenvalue weighted by atomic mass is 10.0. The molecule has 5 rings (SSSR count). The normalized spacial score (nSPS) is 12.9. The molecule has 0 saturated carbocycles. The first-order valence-corrected chi connectivity index (χ1v) is 9.61. The van der Waals surface area contributed by atoms with E-state index in [9.17, 15) is 14.9 Å². The van der Waals surface area contributed by atoms with Gasteiger partial charge in [0.25, 0.3) is 11.5 Å². The SMILES string of the molecule is Cn1ncc(-c2ccc3c(=O)[nH]nc(CN)c3c2)c1N1Cc2c(C#N)cccc2C1=O. The number of nitriles is 1. The van der Waals surface area contributed by atoms with Crippen LogP contribution in [0.2, 0.25) is 0 Å². The van der Waals surface area contributed by atoms with Gasteiger partial charge in [0.05, 0.1) is 35.5 Å². The summed E-state index contributed by atoms with van der Waals surface area (Å²) in [6, 6.07) is 12.7. The molecule has 9 nitrogen and oxygen atoms in total. The Morgan fingerprint density at radius 3 is 2.81 bits per heavy atom. The molecule has 9 heteroatoms. The molecule has 152 valence electrons. The third kappa shape index (κ3) is 2.73. The van der Waals surface area contributed by atoms with E-state index < -0.39 is 0 Å². The summed E-state index contributed by atoms with van der Waals surface area (Å²) >= 11 is 0. The second-order valence-electron chi connectivity index (χ2n) is 7.30. The van der Waals surface area contributed by atoms with Crippen LogP contribution in [0.15, 0.2) is 47.4 Å². The number of hydrogen-bond donors (Lipinski definition) is 2. The average Bonchev–Trinajstić information content (AvgIpc) is 3.33. The second kappa shape index (κ2) is 6.90. The first kappa shape index (κ1) is 18.7. The lowest BCUT2D eigenvalue weighted by Crippen LogP contribution is -2.26. The average molecular weight is 411 g/mol. The highest BCUT2D eigenvalue weighted by molar-refractivity contribution is 6.11. The quantitative estimate of drug-likeness (QED) is 0.528. The van der Waals surface area contributed by atoms with Crippen molar-refractivity contribution >= 4 is 22.5 Å². The number of H-pyrrole nitrogens is 1. The summed E-state index contributed by atoms with van der Waals surface area (Å²) in [5.74, 6) is 0.426. The van der Waals surface area contributed by atoms with Crippen LogP contribution in [0.4, 0.5) is 5.82 Å². The first-order chi connectivity index (χ1) is 15.0. The maximum absolute atomic E-state index is 13.2. The molecule has 0 aliphatic carbocycles. The van der Waals surface area contributed by atoms with Crippen molar-refractivity contribution in [3.63, 3.8) is 0 Å². The molecule has 2 aromatic carbocycles. The summed E-state index contributed by atoms with van der Waals surface area (Å²) in [5.41, 5.74) is 9.31. The Balaban J connectivity index is 1.66. The third-order valence-corrected chi connectivity index (χ3v) is 5.62. The van der Waals surface area contributed by atoms with Crippen LogP contribution in [0.25, 0.3) is 21.9 Å². The van der Waals surface area contributed by atoms with E-state index in [4.69, 9.17) is 5.73 Å². The number of rotatable bonds is 3. The fourth-order valence-corrected chi connectivity index (χ4v) is 4.11. The van der Waals surface area contributed by atoms with Gasteiger partial charge < -0.3 is 5.73 Å². The van der Waals surface area contributed by atoms with Crippen molar-refractivity contribution in [2.75, 3.05) is 4.90 Å². The largest absolute Gasteiger partial charge is 0.325 e. The van der Waals surface area contributed by atoms with Gasteiger partial charge in [-0.1, -0.05) is 12.1 Å². The topological polar surface area (TPSA) is 134 Å². The Bertz CT molecular complexity index is 1480. The molecule has 0 bridgehead atoms. The van der Waals surface area contributed by atoms with Crippen molar-refractivity contribution in [3.8, 4) is 17.2 Å². The van der Waals surface area contributed by atoms with E-state index in [0.717, 1.165) is 11.1 Å². The van der Waals surface area contributed by atoms with E-state index in [1.807, 2.05) is 12.1 Å². The highest BCUT2D eigenvalue weighted by Gasteiger charge is 2.33. The number of carbonyl (C=O) groups excluding carboxylic acids is 1. The van der Waals surface area contributed by atoms with Crippen LogP contribution in [0.5, 0.6) is 0 Å². The number of nitrogens with one attached hydrogen (secondary N) is 1. The molecule has 3 heterocycles. The van der Waals surface area contributed by atoms with Gasteiger partial charge in [0.1, 0.15) is 5.82 Å². The Kier molecular flexibility index (Phi) is 4.16. The van der Waals surface area contributed by atoms with Crippen molar-refractivity contribution in [2.45, 2.75) is 13.1 Å². The summed E-state index contributed by atoms with van der Waals surface area (Å²) in [7, 11) is 1.76. The Hall–Kier alpha value is -4.29. The highest BCUT2D eigenvalue weighted by atomic mass is 16.2. The van der Waals surface area contributed by atoms with Crippen molar-refractivity contribution in [2.24, 2.45) is 12.8 Å². The van der Waals surface area contributed by atoms with Crippen LogP contribution >= 0.6 is 0 Å². The Morgan fingerprint density at radius 1 is 1.19 bits per heavy atom. The van der Waals surface area contributed by atoms with Gasteiger partial charge in [0, 0.05) is 35.7 Å². The molecule has 0 radical (unpaired) electrons. The molecule has 4 aromatic rings. The highest BCUT2D eigenvalue weighted by Crippen LogP contribution is 2.37. The van der Waals surface area contributed by atoms with Gasteiger partial charge in [-0.25, -0.2) is 5.10 Å². The van der Waals surface area contributed by atoms with E-state index in [0.29, 0.717) is 39.0 Å². The third-order valence-electron chi connectivity index (χ3n) is 5.62. The van der Waals surface area contributed by atoms with Crippen LogP contribution in [-0.2, 0) is 20.1 Å². The molecule has 1 aliphatic heterocycles. The van der Waals surface area contributed by atoms with E-state index in [-0.39, 0.29) is 24.6 Å². The molecule has 0 saturated heterocycles. The molecular formula is C22H17N7O2. The lowest BCUT2D eigenvalue weighted by Gasteiger charge is -2.18.